The second kappa shape index (κ2) is 5.26. The molecule has 19 heavy (non-hydrogen) atoms. The van der Waals surface area contributed by atoms with Crippen molar-refractivity contribution in [3.05, 3.63) is 48.3 Å². The maximum Gasteiger partial charge on any atom is 0.143 e. The van der Waals surface area contributed by atoms with E-state index in [2.05, 4.69) is 40.3 Å². The van der Waals surface area contributed by atoms with Crippen LogP contribution in [-0.4, -0.2) is 28.9 Å². The fraction of sp³-hybridized carbons (Fsp3) is 0.333. The minimum absolute atomic E-state index is 0.139. The van der Waals surface area contributed by atoms with E-state index in [4.69, 9.17) is 0 Å². The van der Waals surface area contributed by atoms with Gasteiger partial charge < -0.3 is 4.90 Å². The molecule has 0 radical (unpaired) electrons. The molecular formula is C15H18N4. The molecule has 0 saturated carbocycles. The molecule has 2 aliphatic rings. The molecule has 0 fully saturated rings. The lowest BCUT2D eigenvalue weighted by molar-refractivity contribution is 0.303. The standard InChI is InChI=1S/C15H18N4/c1-2-6-13-11-18(14-7-3-4-9-16-14)15-8-5-10-17-19(15)12-13/h3-5,7-10,12,15H,2,6,11H2,1H3. The van der Waals surface area contributed by atoms with E-state index in [-0.39, 0.29) is 6.17 Å². The van der Waals surface area contributed by atoms with Crippen molar-refractivity contribution in [2.24, 2.45) is 5.10 Å². The molecule has 0 aliphatic carbocycles. The number of pyridine rings is 1. The van der Waals surface area contributed by atoms with Crippen LogP contribution in [0, 0.1) is 0 Å². The van der Waals surface area contributed by atoms with Gasteiger partial charge in [0.25, 0.3) is 0 Å². The third-order valence-corrected chi connectivity index (χ3v) is 3.36. The zero-order chi connectivity index (χ0) is 13.1. The van der Waals surface area contributed by atoms with Gasteiger partial charge in [-0.2, -0.15) is 5.10 Å². The fourth-order valence-electron chi connectivity index (χ4n) is 2.52. The van der Waals surface area contributed by atoms with Crippen molar-refractivity contribution in [3.63, 3.8) is 0 Å². The van der Waals surface area contributed by atoms with E-state index in [1.165, 1.54) is 5.57 Å². The Hall–Kier alpha value is -2.10. The van der Waals surface area contributed by atoms with Crippen molar-refractivity contribution in [3.8, 4) is 0 Å². The Balaban J connectivity index is 1.93. The van der Waals surface area contributed by atoms with Crippen molar-refractivity contribution in [2.75, 3.05) is 11.4 Å². The van der Waals surface area contributed by atoms with Crippen LogP contribution in [-0.2, 0) is 0 Å². The van der Waals surface area contributed by atoms with Crippen LogP contribution in [0.4, 0.5) is 5.82 Å². The first-order valence-corrected chi connectivity index (χ1v) is 6.75. The third-order valence-electron chi connectivity index (χ3n) is 3.36. The average molecular weight is 254 g/mol. The minimum Gasteiger partial charge on any atom is -0.327 e. The molecule has 0 saturated heterocycles. The molecule has 0 aromatic carbocycles. The van der Waals surface area contributed by atoms with Gasteiger partial charge in [-0.25, -0.2) is 9.99 Å². The number of fused-ring (bicyclic) bond motifs is 1. The molecule has 0 bridgehead atoms. The molecule has 4 heteroatoms. The van der Waals surface area contributed by atoms with Crippen molar-refractivity contribution in [2.45, 2.75) is 25.9 Å². The maximum absolute atomic E-state index is 4.47. The monoisotopic (exact) mass is 254 g/mol. The summed E-state index contributed by atoms with van der Waals surface area (Å²) in [6.45, 7) is 3.13. The number of hydrogen-bond acceptors (Lipinski definition) is 4. The molecule has 4 nitrogen and oxygen atoms in total. The summed E-state index contributed by atoms with van der Waals surface area (Å²) in [5, 5.41) is 6.45. The van der Waals surface area contributed by atoms with Crippen LogP contribution in [0.3, 0.4) is 0 Å². The van der Waals surface area contributed by atoms with Gasteiger partial charge in [0.1, 0.15) is 12.0 Å². The molecule has 1 aromatic heterocycles. The van der Waals surface area contributed by atoms with E-state index in [0.29, 0.717) is 0 Å². The Kier molecular flexibility index (Phi) is 3.31. The van der Waals surface area contributed by atoms with Gasteiger partial charge in [-0.3, -0.25) is 0 Å². The Labute approximate surface area is 113 Å². The fourth-order valence-corrected chi connectivity index (χ4v) is 2.52. The van der Waals surface area contributed by atoms with Crippen LogP contribution in [0.2, 0.25) is 0 Å². The summed E-state index contributed by atoms with van der Waals surface area (Å²) in [5.74, 6) is 1.00. The number of rotatable bonds is 3. The Morgan fingerprint density at radius 2 is 2.32 bits per heavy atom. The van der Waals surface area contributed by atoms with Crippen LogP contribution < -0.4 is 4.90 Å². The number of aromatic nitrogens is 1. The lowest BCUT2D eigenvalue weighted by Crippen LogP contribution is -2.48. The number of hydrazone groups is 1. The normalized spacial score (nSPS) is 21.3. The van der Waals surface area contributed by atoms with E-state index >= 15 is 0 Å². The van der Waals surface area contributed by atoms with Gasteiger partial charge >= 0.3 is 0 Å². The topological polar surface area (TPSA) is 31.7 Å². The second-order valence-electron chi connectivity index (χ2n) is 4.80. The van der Waals surface area contributed by atoms with Crippen molar-refractivity contribution >= 4 is 12.0 Å². The molecule has 1 atom stereocenters. The molecule has 0 N–H and O–H groups in total. The summed E-state index contributed by atoms with van der Waals surface area (Å²) < 4.78 is 0. The predicted molar refractivity (Wildman–Crippen MR) is 77.8 cm³/mol. The van der Waals surface area contributed by atoms with Crippen molar-refractivity contribution < 1.29 is 0 Å². The number of anilines is 1. The summed E-state index contributed by atoms with van der Waals surface area (Å²) in [4.78, 5) is 6.76. The van der Waals surface area contributed by atoms with Gasteiger partial charge in [0.15, 0.2) is 0 Å². The Morgan fingerprint density at radius 3 is 3.11 bits per heavy atom. The van der Waals surface area contributed by atoms with Crippen LogP contribution in [0.15, 0.2) is 53.4 Å². The maximum atomic E-state index is 4.47. The SMILES string of the molecule is CCCC1=CN2N=CC=CC2N(c2ccccn2)C1. The molecule has 1 aromatic rings. The first-order valence-electron chi connectivity index (χ1n) is 6.75. The molecule has 3 heterocycles. The highest BCUT2D eigenvalue weighted by Gasteiger charge is 2.28. The summed E-state index contributed by atoms with van der Waals surface area (Å²) in [6, 6.07) is 6.03. The molecule has 3 rings (SSSR count). The van der Waals surface area contributed by atoms with E-state index < -0.39 is 0 Å². The van der Waals surface area contributed by atoms with E-state index in [1.54, 1.807) is 0 Å². The van der Waals surface area contributed by atoms with Gasteiger partial charge in [0.2, 0.25) is 0 Å². The molecule has 1 unspecified atom stereocenters. The number of allylic oxidation sites excluding steroid dienone is 1. The number of hydrogen-bond donors (Lipinski definition) is 0. The van der Waals surface area contributed by atoms with Gasteiger partial charge in [0.05, 0.1) is 0 Å². The van der Waals surface area contributed by atoms with Gasteiger partial charge in [-0.15, -0.1) is 0 Å². The van der Waals surface area contributed by atoms with E-state index in [0.717, 1.165) is 25.2 Å². The van der Waals surface area contributed by atoms with Gasteiger partial charge in [-0.05, 0) is 36.3 Å². The summed E-state index contributed by atoms with van der Waals surface area (Å²) in [7, 11) is 0. The second-order valence-corrected chi connectivity index (χ2v) is 4.80. The lowest BCUT2D eigenvalue weighted by atomic mass is 10.1. The first-order chi connectivity index (χ1) is 9.38. The zero-order valence-corrected chi connectivity index (χ0v) is 11.1. The van der Waals surface area contributed by atoms with Gasteiger partial charge in [0, 0.05) is 25.2 Å². The Morgan fingerprint density at radius 1 is 1.37 bits per heavy atom. The van der Waals surface area contributed by atoms with Crippen molar-refractivity contribution in [1.29, 1.82) is 0 Å². The zero-order valence-electron chi connectivity index (χ0n) is 11.1. The predicted octanol–water partition coefficient (Wildman–Crippen LogP) is 2.77. The summed E-state index contributed by atoms with van der Waals surface area (Å²) in [5.41, 5.74) is 1.40. The highest BCUT2D eigenvalue weighted by atomic mass is 15.5. The van der Waals surface area contributed by atoms with Crippen molar-refractivity contribution in [1.82, 2.24) is 9.99 Å². The minimum atomic E-state index is 0.139. The molecule has 0 spiro atoms. The molecule has 98 valence electrons. The van der Waals surface area contributed by atoms with E-state index in [1.807, 2.05) is 35.6 Å². The summed E-state index contributed by atoms with van der Waals surface area (Å²) in [6.07, 6.45) is 12.4. The van der Waals surface area contributed by atoms with Gasteiger partial charge in [-0.1, -0.05) is 19.4 Å². The van der Waals surface area contributed by atoms with Crippen LogP contribution in [0.1, 0.15) is 19.8 Å². The molecular weight excluding hydrogens is 236 g/mol. The Bertz CT molecular complexity index is 518. The lowest BCUT2D eigenvalue weighted by Gasteiger charge is -2.41. The van der Waals surface area contributed by atoms with E-state index in [9.17, 15) is 0 Å². The largest absolute Gasteiger partial charge is 0.327 e. The molecule has 2 aliphatic heterocycles. The number of nitrogens with zero attached hydrogens (tertiary/aromatic N) is 4. The average Bonchev–Trinajstić information content (AvgIpc) is 2.48. The first kappa shape index (κ1) is 12.0. The quantitative estimate of drug-likeness (QED) is 0.831. The highest BCUT2D eigenvalue weighted by molar-refractivity contribution is 5.72. The van der Waals surface area contributed by atoms with Crippen LogP contribution in [0.5, 0.6) is 0 Å². The smallest absolute Gasteiger partial charge is 0.143 e. The molecule has 0 amide bonds. The highest BCUT2D eigenvalue weighted by Crippen LogP contribution is 2.26. The summed E-state index contributed by atoms with van der Waals surface area (Å²) >= 11 is 0. The van der Waals surface area contributed by atoms with Crippen LogP contribution in [0.25, 0.3) is 0 Å². The van der Waals surface area contributed by atoms with Crippen LogP contribution >= 0.6 is 0 Å². The third kappa shape index (κ3) is 2.38.